The normalized spacial score (nSPS) is 23.1. The average molecular weight is 480 g/mol. The van der Waals surface area contributed by atoms with Crippen LogP contribution in [0.5, 0.6) is 0 Å². The molecule has 0 aromatic heterocycles. The summed E-state index contributed by atoms with van der Waals surface area (Å²) < 4.78 is 44.5. The molecule has 1 aliphatic carbocycles. The number of hydrazone groups is 1. The predicted molar refractivity (Wildman–Crippen MR) is 113 cm³/mol. The lowest BCUT2D eigenvalue weighted by Crippen LogP contribution is -2.49. The Morgan fingerprint density at radius 1 is 1.15 bits per heavy atom. The maximum atomic E-state index is 13.3. The lowest BCUT2D eigenvalue weighted by Gasteiger charge is -2.26. The number of nitrogens with one attached hydrogen (secondary N) is 1. The number of nitrogens with zero attached hydrogens (tertiary/aromatic N) is 3. The molecule has 1 N–H and O–H groups in total. The molecule has 2 fully saturated rings. The minimum absolute atomic E-state index is 0.0387. The minimum atomic E-state index is -4.69. The molecule has 12 heteroatoms. The summed E-state index contributed by atoms with van der Waals surface area (Å²) in [6, 6.07) is 1.34. The Morgan fingerprint density at radius 2 is 1.85 bits per heavy atom. The first-order chi connectivity index (χ1) is 16.1. The van der Waals surface area contributed by atoms with E-state index in [1.165, 1.54) is 13.0 Å². The van der Waals surface area contributed by atoms with Gasteiger partial charge >= 0.3 is 18.2 Å². The molecular formula is C22H23F3N4O5. The molecule has 1 aromatic rings. The zero-order valence-corrected chi connectivity index (χ0v) is 18.3. The highest BCUT2D eigenvalue weighted by Gasteiger charge is 2.60. The molecule has 2 aliphatic heterocycles. The number of fused-ring (bicyclic) bond motifs is 1. The monoisotopic (exact) mass is 480 g/mol. The van der Waals surface area contributed by atoms with Gasteiger partial charge in [-0.1, -0.05) is 25.3 Å². The summed E-state index contributed by atoms with van der Waals surface area (Å²) in [4.78, 5) is 52.5. The van der Waals surface area contributed by atoms with Gasteiger partial charge in [0.25, 0.3) is 5.91 Å². The first-order valence-corrected chi connectivity index (χ1v) is 11.0. The third-order valence-corrected chi connectivity index (χ3v) is 6.11. The van der Waals surface area contributed by atoms with Crippen molar-refractivity contribution < 1.29 is 37.1 Å². The van der Waals surface area contributed by atoms with Crippen LogP contribution < -0.4 is 10.2 Å². The van der Waals surface area contributed by atoms with Gasteiger partial charge in [-0.2, -0.15) is 18.3 Å². The summed E-state index contributed by atoms with van der Waals surface area (Å²) in [6.07, 6.45) is -0.313. The molecule has 1 saturated carbocycles. The Morgan fingerprint density at radius 3 is 2.50 bits per heavy atom. The van der Waals surface area contributed by atoms with Crippen molar-refractivity contribution in [3.05, 3.63) is 29.8 Å². The van der Waals surface area contributed by atoms with Crippen molar-refractivity contribution in [2.45, 2.75) is 57.3 Å². The highest BCUT2D eigenvalue weighted by atomic mass is 19.4. The van der Waals surface area contributed by atoms with E-state index >= 15 is 0 Å². The number of esters is 1. The van der Waals surface area contributed by atoms with Crippen molar-refractivity contribution in [2.24, 2.45) is 11.0 Å². The number of alkyl halides is 3. The Bertz CT molecular complexity index is 1050. The van der Waals surface area contributed by atoms with Crippen LogP contribution in [0.15, 0.2) is 29.4 Å². The minimum Gasteiger partial charge on any atom is -0.461 e. The van der Waals surface area contributed by atoms with Gasteiger partial charge in [0.05, 0.1) is 17.9 Å². The quantitative estimate of drug-likeness (QED) is 0.527. The number of anilines is 1. The van der Waals surface area contributed by atoms with Crippen molar-refractivity contribution in [3.8, 4) is 0 Å². The lowest BCUT2D eigenvalue weighted by atomic mass is 9.95. The second-order valence-electron chi connectivity index (χ2n) is 8.32. The summed E-state index contributed by atoms with van der Waals surface area (Å²) in [7, 11) is 0. The van der Waals surface area contributed by atoms with Gasteiger partial charge in [-0.25, -0.2) is 19.5 Å². The largest absolute Gasteiger partial charge is 0.461 e. The zero-order valence-electron chi connectivity index (χ0n) is 18.3. The van der Waals surface area contributed by atoms with Crippen molar-refractivity contribution in [1.82, 2.24) is 10.3 Å². The second kappa shape index (κ2) is 9.07. The molecule has 34 heavy (non-hydrogen) atoms. The van der Waals surface area contributed by atoms with Gasteiger partial charge in [-0.15, -0.1) is 0 Å². The maximum Gasteiger partial charge on any atom is 0.416 e. The number of hydrogen-bond acceptors (Lipinski definition) is 6. The van der Waals surface area contributed by atoms with Gasteiger partial charge in [0, 0.05) is 6.04 Å². The smallest absolute Gasteiger partial charge is 0.416 e. The highest BCUT2D eigenvalue weighted by Crippen LogP contribution is 2.38. The predicted octanol–water partition coefficient (Wildman–Crippen LogP) is 2.84. The average Bonchev–Trinajstić information content (AvgIpc) is 3.31. The number of ether oxygens (including phenoxy) is 1. The van der Waals surface area contributed by atoms with E-state index in [1.807, 2.05) is 0 Å². The summed E-state index contributed by atoms with van der Waals surface area (Å²) in [6.45, 7) is 1.50. The first-order valence-electron chi connectivity index (χ1n) is 11.0. The fourth-order valence-electron chi connectivity index (χ4n) is 4.52. The molecule has 4 amide bonds. The molecule has 1 aromatic carbocycles. The van der Waals surface area contributed by atoms with Crippen molar-refractivity contribution >= 4 is 35.2 Å². The molecule has 0 unspecified atom stereocenters. The van der Waals surface area contributed by atoms with E-state index in [-0.39, 0.29) is 18.3 Å². The molecule has 0 spiro atoms. The molecule has 2 atom stereocenters. The van der Waals surface area contributed by atoms with Crippen LogP contribution in [0, 0.1) is 5.92 Å². The van der Waals surface area contributed by atoms with Gasteiger partial charge in [0.2, 0.25) is 5.91 Å². The first kappa shape index (κ1) is 23.7. The van der Waals surface area contributed by atoms with Crippen molar-refractivity contribution in [3.63, 3.8) is 0 Å². The van der Waals surface area contributed by atoms with E-state index in [0.717, 1.165) is 49.2 Å². The van der Waals surface area contributed by atoms with Gasteiger partial charge in [-0.3, -0.25) is 9.59 Å². The summed E-state index contributed by atoms with van der Waals surface area (Å²) in [5.74, 6) is -4.35. The molecule has 0 bridgehead atoms. The number of hydrogen-bond donors (Lipinski definition) is 1. The molecule has 1 saturated heterocycles. The van der Waals surface area contributed by atoms with Crippen LogP contribution in [-0.4, -0.2) is 53.2 Å². The number of rotatable bonds is 4. The van der Waals surface area contributed by atoms with Gasteiger partial charge in [0.1, 0.15) is 5.92 Å². The van der Waals surface area contributed by atoms with Crippen molar-refractivity contribution in [2.75, 3.05) is 11.5 Å². The third-order valence-electron chi connectivity index (χ3n) is 6.11. The molecule has 4 rings (SSSR count). The number of carbonyl (C=O) groups excluding carboxylic acids is 4. The lowest BCUT2D eigenvalue weighted by molar-refractivity contribution is -0.137. The van der Waals surface area contributed by atoms with E-state index in [2.05, 4.69) is 10.4 Å². The second-order valence-corrected chi connectivity index (χ2v) is 8.32. The molecule has 182 valence electrons. The van der Waals surface area contributed by atoms with Crippen LogP contribution in [0.25, 0.3) is 0 Å². The number of amides is 4. The third kappa shape index (κ3) is 4.24. The molecule has 2 heterocycles. The fourth-order valence-corrected chi connectivity index (χ4v) is 4.52. The number of imide groups is 1. The summed E-state index contributed by atoms with van der Waals surface area (Å²) in [5, 5.41) is 7.49. The molecule has 0 radical (unpaired) electrons. The van der Waals surface area contributed by atoms with E-state index in [9.17, 15) is 32.3 Å². The SMILES string of the molecule is CCOC(=O)C1=NN(C(=O)NC2CCCCC2)[C@H]2C(=O)N(c3cccc(C(F)(F)F)c3)C(=O)[C@@H]12. The Labute approximate surface area is 192 Å². The van der Waals surface area contributed by atoms with E-state index in [0.29, 0.717) is 11.0 Å². The van der Waals surface area contributed by atoms with Crippen LogP contribution in [0.4, 0.5) is 23.7 Å². The molecule has 9 nitrogen and oxygen atoms in total. The van der Waals surface area contributed by atoms with E-state index in [4.69, 9.17) is 4.74 Å². The Kier molecular flexibility index (Phi) is 6.32. The number of benzene rings is 1. The fraction of sp³-hybridized carbons (Fsp3) is 0.500. The Hall–Kier alpha value is -3.44. The summed E-state index contributed by atoms with van der Waals surface area (Å²) in [5.41, 5.74) is -1.79. The van der Waals surface area contributed by atoms with Gasteiger partial charge in [-0.05, 0) is 38.0 Å². The van der Waals surface area contributed by atoms with Gasteiger partial charge in [0.15, 0.2) is 11.8 Å². The van der Waals surface area contributed by atoms with Crippen LogP contribution in [0.3, 0.4) is 0 Å². The number of halogens is 3. The number of urea groups is 1. The number of carbonyl (C=O) groups is 4. The topological polar surface area (TPSA) is 108 Å². The standard InChI is InChI=1S/C22H23F3N4O5/c1-2-34-20(32)16-15-17(29(27-16)21(33)26-13-8-4-3-5-9-13)19(31)28(18(15)30)14-10-6-7-12(11-14)22(23,24)25/h6-7,10-11,13,15,17H,2-5,8-9H2,1H3,(H,26,33)/t15-,17+/m0/s1. The summed E-state index contributed by atoms with van der Waals surface area (Å²) >= 11 is 0. The van der Waals surface area contributed by atoms with Crippen LogP contribution >= 0.6 is 0 Å². The zero-order chi connectivity index (χ0) is 24.6. The van der Waals surface area contributed by atoms with Crippen LogP contribution in [0.2, 0.25) is 0 Å². The maximum absolute atomic E-state index is 13.3. The Balaban J connectivity index is 1.67. The molecular weight excluding hydrogens is 457 g/mol. The van der Waals surface area contributed by atoms with E-state index in [1.54, 1.807) is 0 Å². The van der Waals surface area contributed by atoms with E-state index < -0.39 is 53.2 Å². The molecule has 3 aliphatic rings. The van der Waals surface area contributed by atoms with Crippen molar-refractivity contribution in [1.29, 1.82) is 0 Å². The highest BCUT2D eigenvalue weighted by molar-refractivity contribution is 6.47. The van der Waals surface area contributed by atoms with Crippen LogP contribution in [-0.2, 0) is 25.3 Å². The van der Waals surface area contributed by atoms with Crippen LogP contribution in [0.1, 0.15) is 44.6 Å². The van der Waals surface area contributed by atoms with Gasteiger partial charge < -0.3 is 10.1 Å².